The zero-order valence-corrected chi connectivity index (χ0v) is 8.20. The van der Waals surface area contributed by atoms with Crippen molar-refractivity contribution in [2.75, 3.05) is 13.3 Å². The van der Waals surface area contributed by atoms with Crippen molar-refractivity contribution in [1.82, 2.24) is 0 Å². The average Bonchev–Trinajstić information content (AvgIpc) is 2.18. The van der Waals surface area contributed by atoms with E-state index in [-0.39, 0.29) is 12.7 Å². The maximum atomic E-state index is 10.9. The second-order valence-electron chi connectivity index (χ2n) is 2.85. The van der Waals surface area contributed by atoms with E-state index in [9.17, 15) is 9.59 Å². The quantitative estimate of drug-likeness (QED) is 0.271. The Morgan fingerprint density at radius 3 is 2.64 bits per heavy atom. The second kappa shape index (κ2) is 9.89. The summed E-state index contributed by atoms with van der Waals surface area (Å²) in [4.78, 5) is 23.6. The van der Waals surface area contributed by atoms with Crippen LogP contribution in [-0.2, 0) is 14.3 Å². The van der Waals surface area contributed by atoms with E-state index in [0.29, 0.717) is 13.0 Å². The minimum absolute atomic E-state index is 0.217. The molecule has 0 heterocycles. The van der Waals surface area contributed by atoms with Crippen LogP contribution in [0.1, 0.15) is 32.1 Å². The fourth-order valence-electron chi connectivity index (χ4n) is 0.970. The number of hydrogen-bond acceptors (Lipinski definition) is 5. The molecule has 80 valence electrons. The number of ether oxygens (including phenoxy) is 1. The Bertz CT molecular complexity index is 200. The van der Waals surface area contributed by atoms with E-state index < -0.39 is 0 Å². The minimum Gasteiger partial charge on any atom is -0.442 e. The molecular weight excluding hydrogens is 184 g/mol. The number of carbonyl (C=O) groups excluding carboxylic acids is 2. The molecule has 0 saturated carbocycles. The Morgan fingerprint density at radius 1 is 1.29 bits per heavy atom. The minimum atomic E-state index is -0.322. The Morgan fingerprint density at radius 2 is 2.00 bits per heavy atom. The molecular formula is C9H16N2O3. The highest BCUT2D eigenvalue weighted by Gasteiger charge is 2.00. The molecule has 0 atom stereocenters. The molecule has 0 aliphatic carbocycles. The molecule has 0 rings (SSSR count). The smallest absolute Gasteiger partial charge is 0.307 e. The summed E-state index contributed by atoms with van der Waals surface area (Å²) in [5.41, 5.74) is 5.31. The second-order valence-corrected chi connectivity index (χ2v) is 2.85. The van der Waals surface area contributed by atoms with Crippen LogP contribution in [0.2, 0.25) is 0 Å². The number of rotatable bonds is 8. The van der Waals surface area contributed by atoms with Crippen molar-refractivity contribution in [1.29, 1.82) is 0 Å². The lowest BCUT2D eigenvalue weighted by molar-refractivity contribution is -0.143. The molecule has 14 heavy (non-hydrogen) atoms. The molecule has 0 saturated heterocycles. The topological polar surface area (TPSA) is 81.8 Å². The molecule has 0 amide bonds. The van der Waals surface area contributed by atoms with E-state index in [1.807, 2.05) is 0 Å². The molecule has 0 aromatic heterocycles. The number of unbranched alkanes of at least 4 members (excludes halogenated alkanes) is 3. The van der Waals surface area contributed by atoms with Crippen LogP contribution in [0.4, 0.5) is 0 Å². The third-order valence-electron chi connectivity index (χ3n) is 1.69. The van der Waals surface area contributed by atoms with Crippen LogP contribution in [-0.4, -0.2) is 25.3 Å². The normalized spacial score (nSPS) is 9.21. The van der Waals surface area contributed by atoms with Gasteiger partial charge in [0.15, 0.2) is 6.73 Å². The van der Waals surface area contributed by atoms with Crippen molar-refractivity contribution in [3.05, 3.63) is 0 Å². The van der Waals surface area contributed by atoms with Gasteiger partial charge in [0.05, 0.1) is 0 Å². The van der Waals surface area contributed by atoms with Gasteiger partial charge in [0, 0.05) is 6.42 Å². The van der Waals surface area contributed by atoms with Gasteiger partial charge in [-0.15, -0.1) is 0 Å². The maximum Gasteiger partial charge on any atom is 0.307 e. The van der Waals surface area contributed by atoms with E-state index in [0.717, 1.165) is 25.7 Å². The van der Waals surface area contributed by atoms with Crippen LogP contribution in [0.25, 0.3) is 0 Å². The first-order valence-corrected chi connectivity index (χ1v) is 4.70. The van der Waals surface area contributed by atoms with E-state index >= 15 is 0 Å². The SMILES string of the molecule is NCCCCCCC(=O)OCN=C=O. The van der Waals surface area contributed by atoms with Gasteiger partial charge < -0.3 is 10.5 Å². The lowest BCUT2D eigenvalue weighted by atomic mass is 10.1. The summed E-state index contributed by atoms with van der Waals surface area (Å²) < 4.78 is 4.60. The molecule has 5 nitrogen and oxygen atoms in total. The Kier molecular flexibility index (Phi) is 9.05. The number of aliphatic imine (C=N–C) groups is 1. The molecule has 0 unspecified atom stereocenters. The molecule has 0 aromatic carbocycles. The lowest BCUT2D eigenvalue weighted by Crippen LogP contribution is -2.04. The van der Waals surface area contributed by atoms with Gasteiger partial charge in [0.25, 0.3) is 0 Å². The summed E-state index contributed by atoms with van der Waals surface area (Å²) in [6.45, 7) is 0.476. The third-order valence-corrected chi connectivity index (χ3v) is 1.69. The Hall–Kier alpha value is -1.19. The van der Waals surface area contributed by atoms with Crippen molar-refractivity contribution in [3.63, 3.8) is 0 Å². The largest absolute Gasteiger partial charge is 0.442 e. The molecule has 0 fully saturated rings. The zero-order chi connectivity index (χ0) is 10.6. The molecule has 0 aliphatic rings. The van der Waals surface area contributed by atoms with Gasteiger partial charge in [-0.2, -0.15) is 4.99 Å². The fraction of sp³-hybridized carbons (Fsp3) is 0.778. The van der Waals surface area contributed by atoms with Crippen molar-refractivity contribution in [3.8, 4) is 0 Å². The van der Waals surface area contributed by atoms with Crippen LogP contribution in [0.5, 0.6) is 0 Å². The molecule has 5 heteroatoms. The van der Waals surface area contributed by atoms with Crippen molar-refractivity contribution in [2.24, 2.45) is 10.7 Å². The van der Waals surface area contributed by atoms with Gasteiger partial charge in [-0.05, 0) is 19.4 Å². The van der Waals surface area contributed by atoms with Crippen molar-refractivity contribution >= 4 is 12.0 Å². The van der Waals surface area contributed by atoms with Crippen LogP contribution in [0, 0.1) is 0 Å². The summed E-state index contributed by atoms with van der Waals surface area (Å²) in [5.74, 6) is -0.322. The lowest BCUT2D eigenvalue weighted by Gasteiger charge is -2.00. The van der Waals surface area contributed by atoms with E-state index in [1.165, 1.54) is 6.08 Å². The summed E-state index contributed by atoms with van der Waals surface area (Å²) >= 11 is 0. The first-order valence-electron chi connectivity index (χ1n) is 4.70. The van der Waals surface area contributed by atoms with Gasteiger partial charge in [-0.25, -0.2) is 4.79 Å². The highest BCUT2D eigenvalue weighted by Crippen LogP contribution is 2.03. The van der Waals surface area contributed by atoms with Crippen molar-refractivity contribution in [2.45, 2.75) is 32.1 Å². The molecule has 0 aliphatic heterocycles. The van der Waals surface area contributed by atoms with Gasteiger partial charge in [-0.1, -0.05) is 12.8 Å². The van der Waals surface area contributed by atoms with Gasteiger partial charge in [0.1, 0.15) is 0 Å². The highest BCUT2D eigenvalue weighted by atomic mass is 16.5. The predicted octanol–water partition coefficient (Wildman–Crippen LogP) is 0.732. The molecule has 2 N–H and O–H groups in total. The standard InChI is InChI=1S/C9H16N2O3/c10-6-4-2-1-3-5-9(13)14-8-11-7-12/h1-6,8,10H2. The molecule has 0 bridgehead atoms. The van der Waals surface area contributed by atoms with E-state index in [4.69, 9.17) is 5.73 Å². The number of carbonyl (C=O) groups is 1. The summed E-state index contributed by atoms with van der Waals surface area (Å²) in [7, 11) is 0. The number of nitrogens with two attached hydrogens (primary N) is 1. The van der Waals surface area contributed by atoms with Crippen LogP contribution in [0.3, 0.4) is 0 Å². The van der Waals surface area contributed by atoms with E-state index in [1.54, 1.807) is 0 Å². The highest BCUT2D eigenvalue weighted by molar-refractivity contribution is 5.69. The van der Waals surface area contributed by atoms with Gasteiger partial charge in [-0.3, -0.25) is 4.79 Å². The Labute approximate surface area is 83.3 Å². The summed E-state index contributed by atoms with van der Waals surface area (Å²) in [6.07, 6.45) is 5.46. The predicted molar refractivity (Wildman–Crippen MR) is 51.2 cm³/mol. The monoisotopic (exact) mass is 200 g/mol. The van der Waals surface area contributed by atoms with Crippen molar-refractivity contribution < 1.29 is 14.3 Å². The summed E-state index contributed by atoms with van der Waals surface area (Å²) in [5, 5.41) is 0. The number of isocyanates is 1. The van der Waals surface area contributed by atoms with E-state index in [2.05, 4.69) is 9.73 Å². The van der Waals surface area contributed by atoms with Crippen LogP contribution in [0.15, 0.2) is 4.99 Å². The zero-order valence-electron chi connectivity index (χ0n) is 8.20. The molecule has 0 radical (unpaired) electrons. The fourth-order valence-corrected chi connectivity index (χ4v) is 0.970. The number of nitrogens with zero attached hydrogens (tertiary/aromatic N) is 1. The third kappa shape index (κ3) is 8.90. The first kappa shape index (κ1) is 12.8. The first-order chi connectivity index (χ1) is 6.81. The average molecular weight is 200 g/mol. The summed E-state index contributed by atoms with van der Waals surface area (Å²) in [6, 6.07) is 0. The van der Waals surface area contributed by atoms with Gasteiger partial charge in [0.2, 0.25) is 6.08 Å². The number of esters is 1. The maximum absolute atomic E-state index is 10.9. The number of hydrogen-bond donors (Lipinski definition) is 1. The molecule has 0 aromatic rings. The van der Waals surface area contributed by atoms with Gasteiger partial charge >= 0.3 is 5.97 Å². The van der Waals surface area contributed by atoms with Crippen LogP contribution < -0.4 is 5.73 Å². The van der Waals surface area contributed by atoms with Crippen LogP contribution >= 0.6 is 0 Å². The molecule has 0 spiro atoms. The Balaban J connectivity index is 3.22.